The fraction of sp³-hybridized carbons (Fsp3) is 0.167. The quantitative estimate of drug-likeness (QED) is 0.592. The van der Waals surface area contributed by atoms with Crippen molar-refractivity contribution in [2.75, 3.05) is 11.9 Å². The van der Waals surface area contributed by atoms with Gasteiger partial charge in [0.2, 0.25) is 0 Å². The van der Waals surface area contributed by atoms with Crippen LogP contribution < -0.4 is 10.6 Å². The highest BCUT2D eigenvalue weighted by molar-refractivity contribution is 6.39. The Morgan fingerprint density at radius 2 is 2.12 bits per heavy atom. The SMILES string of the molecule is C=CCNC(=O)C(=O)Nc1cccc(C)c1. The summed E-state index contributed by atoms with van der Waals surface area (Å²) >= 11 is 0. The van der Waals surface area contributed by atoms with Crippen molar-refractivity contribution in [3.63, 3.8) is 0 Å². The maximum Gasteiger partial charge on any atom is 0.313 e. The van der Waals surface area contributed by atoms with Crippen molar-refractivity contribution in [3.05, 3.63) is 42.5 Å². The molecule has 0 aliphatic heterocycles. The van der Waals surface area contributed by atoms with Gasteiger partial charge < -0.3 is 10.6 Å². The average Bonchev–Trinajstić information content (AvgIpc) is 2.25. The lowest BCUT2D eigenvalue weighted by Gasteiger charge is -2.05. The molecule has 0 heterocycles. The first kappa shape index (κ1) is 12.0. The molecule has 1 aromatic carbocycles. The zero-order valence-corrected chi connectivity index (χ0v) is 9.12. The van der Waals surface area contributed by atoms with Crippen LogP contribution in [-0.4, -0.2) is 18.4 Å². The second kappa shape index (κ2) is 5.70. The van der Waals surface area contributed by atoms with E-state index in [4.69, 9.17) is 0 Å². The Bertz CT molecular complexity index is 413. The topological polar surface area (TPSA) is 58.2 Å². The molecule has 0 saturated heterocycles. The van der Waals surface area contributed by atoms with Crippen LogP contribution in [0, 0.1) is 6.92 Å². The number of hydrogen-bond donors (Lipinski definition) is 2. The van der Waals surface area contributed by atoms with E-state index in [1.54, 1.807) is 12.1 Å². The van der Waals surface area contributed by atoms with Gasteiger partial charge in [-0.3, -0.25) is 9.59 Å². The van der Waals surface area contributed by atoms with E-state index in [-0.39, 0.29) is 6.54 Å². The molecule has 0 unspecified atom stereocenters. The Labute approximate surface area is 94.4 Å². The Balaban J connectivity index is 2.57. The first-order valence-electron chi connectivity index (χ1n) is 4.90. The Kier molecular flexibility index (Phi) is 4.27. The Morgan fingerprint density at radius 1 is 1.38 bits per heavy atom. The van der Waals surface area contributed by atoms with E-state index in [1.165, 1.54) is 6.08 Å². The van der Waals surface area contributed by atoms with Crippen LogP contribution in [0.2, 0.25) is 0 Å². The zero-order valence-electron chi connectivity index (χ0n) is 9.12. The minimum absolute atomic E-state index is 0.278. The van der Waals surface area contributed by atoms with Crippen molar-refractivity contribution in [2.24, 2.45) is 0 Å². The van der Waals surface area contributed by atoms with Crippen molar-refractivity contribution >= 4 is 17.5 Å². The van der Waals surface area contributed by atoms with Gasteiger partial charge in [-0.25, -0.2) is 0 Å². The monoisotopic (exact) mass is 218 g/mol. The first-order chi connectivity index (χ1) is 7.63. The number of anilines is 1. The molecule has 0 fully saturated rings. The van der Waals surface area contributed by atoms with Crippen LogP contribution in [0.15, 0.2) is 36.9 Å². The number of rotatable bonds is 3. The molecule has 4 nitrogen and oxygen atoms in total. The van der Waals surface area contributed by atoms with Crippen molar-refractivity contribution in [2.45, 2.75) is 6.92 Å². The molecule has 0 aromatic heterocycles. The molecule has 1 aromatic rings. The highest BCUT2D eigenvalue weighted by Gasteiger charge is 2.11. The van der Waals surface area contributed by atoms with Gasteiger partial charge in [-0.2, -0.15) is 0 Å². The first-order valence-corrected chi connectivity index (χ1v) is 4.90. The molecule has 0 spiro atoms. The van der Waals surface area contributed by atoms with Gasteiger partial charge in [-0.1, -0.05) is 18.2 Å². The molecule has 0 aliphatic carbocycles. The summed E-state index contributed by atoms with van der Waals surface area (Å²) in [4.78, 5) is 22.6. The van der Waals surface area contributed by atoms with E-state index < -0.39 is 11.8 Å². The van der Waals surface area contributed by atoms with Crippen LogP contribution in [0.4, 0.5) is 5.69 Å². The number of carbonyl (C=O) groups is 2. The predicted octanol–water partition coefficient (Wildman–Crippen LogP) is 1.24. The summed E-state index contributed by atoms with van der Waals surface area (Å²) < 4.78 is 0. The fourth-order valence-electron chi connectivity index (χ4n) is 1.16. The van der Waals surface area contributed by atoms with E-state index in [9.17, 15) is 9.59 Å². The highest BCUT2D eigenvalue weighted by atomic mass is 16.2. The second-order valence-corrected chi connectivity index (χ2v) is 3.32. The van der Waals surface area contributed by atoms with Crippen LogP contribution >= 0.6 is 0 Å². The number of nitrogens with one attached hydrogen (secondary N) is 2. The third-order valence-corrected chi connectivity index (χ3v) is 1.89. The number of aryl methyl sites for hydroxylation is 1. The molecule has 0 bridgehead atoms. The van der Waals surface area contributed by atoms with Gasteiger partial charge in [-0.15, -0.1) is 6.58 Å². The standard InChI is InChI=1S/C12H14N2O2/c1-3-7-13-11(15)12(16)14-10-6-4-5-9(2)8-10/h3-6,8H,1,7H2,2H3,(H,13,15)(H,14,16). The lowest BCUT2D eigenvalue weighted by Crippen LogP contribution is -2.35. The maximum absolute atomic E-state index is 11.4. The molecule has 2 amide bonds. The molecule has 0 atom stereocenters. The molecule has 1 rings (SSSR count). The van der Waals surface area contributed by atoms with Crippen molar-refractivity contribution in [1.82, 2.24) is 5.32 Å². The van der Waals surface area contributed by atoms with Crippen LogP contribution in [0.3, 0.4) is 0 Å². The summed E-state index contributed by atoms with van der Waals surface area (Å²) in [6.07, 6.45) is 1.51. The average molecular weight is 218 g/mol. The van der Waals surface area contributed by atoms with Crippen LogP contribution in [0.25, 0.3) is 0 Å². The molecule has 16 heavy (non-hydrogen) atoms. The Hall–Kier alpha value is -2.10. The summed E-state index contributed by atoms with van der Waals surface area (Å²) in [5.41, 5.74) is 1.63. The van der Waals surface area contributed by atoms with Crippen molar-refractivity contribution in [3.8, 4) is 0 Å². The van der Waals surface area contributed by atoms with Crippen LogP contribution in [-0.2, 0) is 9.59 Å². The van der Waals surface area contributed by atoms with Gasteiger partial charge >= 0.3 is 11.8 Å². The molecule has 84 valence electrons. The predicted molar refractivity (Wildman–Crippen MR) is 63.0 cm³/mol. The number of benzene rings is 1. The molecule has 2 N–H and O–H groups in total. The summed E-state index contributed by atoms with van der Waals surface area (Å²) in [5.74, 6) is -1.34. The highest BCUT2D eigenvalue weighted by Crippen LogP contribution is 2.08. The Morgan fingerprint density at radius 3 is 2.75 bits per heavy atom. The van der Waals surface area contributed by atoms with Crippen LogP contribution in [0.1, 0.15) is 5.56 Å². The molecule has 4 heteroatoms. The van der Waals surface area contributed by atoms with Gasteiger partial charge in [0.1, 0.15) is 0 Å². The van der Waals surface area contributed by atoms with E-state index in [1.807, 2.05) is 19.1 Å². The minimum Gasteiger partial charge on any atom is -0.344 e. The van der Waals surface area contributed by atoms with Gasteiger partial charge in [0.15, 0.2) is 0 Å². The molecule has 0 radical (unpaired) electrons. The number of carbonyl (C=O) groups excluding carboxylic acids is 2. The smallest absolute Gasteiger partial charge is 0.313 e. The molecule has 0 saturated carbocycles. The normalized spacial score (nSPS) is 9.31. The second-order valence-electron chi connectivity index (χ2n) is 3.32. The largest absolute Gasteiger partial charge is 0.344 e. The van der Waals surface area contributed by atoms with E-state index in [0.29, 0.717) is 5.69 Å². The summed E-state index contributed by atoms with van der Waals surface area (Å²) in [6.45, 7) is 5.63. The third-order valence-electron chi connectivity index (χ3n) is 1.89. The lowest BCUT2D eigenvalue weighted by atomic mass is 10.2. The molecule has 0 aliphatic rings. The van der Waals surface area contributed by atoms with Crippen molar-refractivity contribution in [1.29, 1.82) is 0 Å². The van der Waals surface area contributed by atoms with E-state index in [2.05, 4.69) is 17.2 Å². The van der Waals surface area contributed by atoms with Gasteiger partial charge in [0.05, 0.1) is 0 Å². The summed E-state index contributed by atoms with van der Waals surface area (Å²) in [6, 6.07) is 7.24. The fourth-order valence-corrected chi connectivity index (χ4v) is 1.16. The third kappa shape index (κ3) is 3.57. The molecular formula is C12H14N2O2. The maximum atomic E-state index is 11.4. The minimum atomic E-state index is -0.674. The van der Waals surface area contributed by atoms with Crippen molar-refractivity contribution < 1.29 is 9.59 Å². The molecular weight excluding hydrogens is 204 g/mol. The summed E-state index contributed by atoms with van der Waals surface area (Å²) in [7, 11) is 0. The van der Waals surface area contributed by atoms with Gasteiger partial charge in [0, 0.05) is 12.2 Å². The zero-order chi connectivity index (χ0) is 12.0. The lowest BCUT2D eigenvalue weighted by molar-refractivity contribution is -0.136. The summed E-state index contributed by atoms with van der Waals surface area (Å²) in [5, 5.41) is 4.90. The van der Waals surface area contributed by atoms with Crippen LogP contribution in [0.5, 0.6) is 0 Å². The van der Waals surface area contributed by atoms with Gasteiger partial charge in [-0.05, 0) is 24.6 Å². The van der Waals surface area contributed by atoms with Gasteiger partial charge in [0.25, 0.3) is 0 Å². The van der Waals surface area contributed by atoms with E-state index in [0.717, 1.165) is 5.56 Å². The van der Waals surface area contributed by atoms with E-state index >= 15 is 0 Å². The number of amides is 2. The number of hydrogen-bond acceptors (Lipinski definition) is 2.